The van der Waals surface area contributed by atoms with Gasteiger partial charge in [-0.25, -0.2) is 4.99 Å². The lowest BCUT2D eigenvalue weighted by Gasteiger charge is -1.92. The van der Waals surface area contributed by atoms with Gasteiger partial charge in [0.2, 0.25) is 5.90 Å². The summed E-state index contributed by atoms with van der Waals surface area (Å²) >= 11 is 3.57. The van der Waals surface area contributed by atoms with E-state index in [1.165, 1.54) is 6.08 Å². The Morgan fingerprint density at radius 1 is 1.60 bits per heavy atom. The van der Waals surface area contributed by atoms with Crippen molar-refractivity contribution in [2.24, 2.45) is 4.99 Å². The molecule has 0 unspecified atom stereocenters. The quantitative estimate of drug-likeness (QED) is 0.282. The fourth-order valence-corrected chi connectivity index (χ4v) is 0.428. The van der Waals surface area contributed by atoms with Gasteiger partial charge in [0, 0.05) is 19.1 Å². The van der Waals surface area contributed by atoms with Crippen molar-refractivity contribution in [3.8, 4) is 0 Å². The van der Waals surface area contributed by atoms with Crippen LogP contribution in [0.1, 0.15) is 13.8 Å². The predicted octanol–water partition coefficient (Wildman–Crippen LogP) is 2.36. The summed E-state index contributed by atoms with van der Waals surface area (Å²) in [5.41, 5.74) is 1.10. The normalized spacial score (nSPS) is 10.5. The SMILES string of the molecule is C=CC(=NC=C(C)C)OS. The zero-order chi connectivity index (χ0) is 7.98. The van der Waals surface area contributed by atoms with Gasteiger partial charge >= 0.3 is 0 Å². The maximum Gasteiger partial charge on any atom is 0.226 e. The van der Waals surface area contributed by atoms with E-state index in [-0.39, 0.29) is 0 Å². The van der Waals surface area contributed by atoms with Gasteiger partial charge in [0.1, 0.15) is 0 Å². The average Bonchev–Trinajstić information content (AvgIpc) is 1.90. The van der Waals surface area contributed by atoms with Crippen LogP contribution in [0.3, 0.4) is 0 Å². The van der Waals surface area contributed by atoms with Crippen molar-refractivity contribution >= 4 is 18.8 Å². The van der Waals surface area contributed by atoms with E-state index in [1.807, 2.05) is 13.8 Å². The first-order chi connectivity index (χ1) is 4.70. The largest absolute Gasteiger partial charge is 0.409 e. The Balaban J connectivity index is 4.12. The van der Waals surface area contributed by atoms with Crippen molar-refractivity contribution in [3.63, 3.8) is 0 Å². The monoisotopic (exact) mass is 157 g/mol. The van der Waals surface area contributed by atoms with E-state index in [9.17, 15) is 0 Å². The third-order valence-corrected chi connectivity index (χ3v) is 0.905. The van der Waals surface area contributed by atoms with E-state index >= 15 is 0 Å². The molecule has 3 heteroatoms. The minimum atomic E-state index is 0.407. The van der Waals surface area contributed by atoms with Gasteiger partial charge in [0.05, 0.1) is 0 Å². The highest BCUT2D eigenvalue weighted by atomic mass is 32.1. The minimum absolute atomic E-state index is 0.407. The second-order valence-corrected chi connectivity index (χ2v) is 2.15. The van der Waals surface area contributed by atoms with Crippen molar-refractivity contribution in [3.05, 3.63) is 24.4 Å². The molecule has 0 aliphatic rings. The van der Waals surface area contributed by atoms with Crippen LogP contribution in [-0.2, 0) is 4.18 Å². The first-order valence-corrected chi connectivity index (χ1v) is 3.22. The van der Waals surface area contributed by atoms with Crippen LogP contribution in [0.25, 0.3) is 0 Å². The van der Waals surface area contributed by atoms with E-state index in [0.717, 1.165) is 5.57 Å². The molecular weight excluding hydrogens is 146 g/mol. The molecule has 0 heterocycles. The molecule has 0 aromatic heterocycles. The van der Waals surface area contributed by atoms with Crippen molar-refractivity contribution in [1.82, 2.24) is 0 Å². The second-order valence-electron chi connectivity index (χ2n) is 1.97. The summed E-state index contributed by atoms with van der Waals surface area (Å²) < 4.78 is 4.53. The number of hydrogen-bond acceptors (Lipinski definition) is 3. The average molecular weight is 157 g/mol. The first-order valence-electron chi connectivity index (χ1n) is 2.85. The van der Waals surface area contributed by atoms with Gasteiger partial charge in [-0.05, 0) is 19.9 Å². The third kappa shape index (κ3) is 4.21. The number of nitrogens with zero attached hydrogens (tertiary/aromatic N) is 1. The van der Waals surface area contributed by atoms with Crippen molar-refractivity contribution < 1.29 is 4.18 Å². The van der Waals surface area contributed by atoms with Gasteiger partial charge in [0.25, 0.3) is 0 Å². The first kappa shape index (κ1) is 9.30. The molecule has 0 aromatic carbocycles. The molecule has 0 spiro atoms. The second kappa shape index (κ2) is 5.11. The fourth-order valence-electron chi connectivity index (χ4n) is 0.306. The molecule has 0 N–H and O–H groups in total. The summed E-state index contributed by atoms with van der Waals surface area (Å²) in [7, 11) is 0. The number of hydrogen-bond donors (Lipinski definition) is 1. The third-order valence-electron chi connectivity index (χ3n) is 0.718. The lowest BCUT2D eigenvalue weighted by Crippen LogP contribution is -1.89. The maximum absolute atomic E-state index is 4.53. The van der Waals surface area contributed by atoms with Crippen molar-refractivity contribution in [2.45, 2.75) is 13.8 Å². The maximum atomic E-state index is 4.53. The molecule has 0 aliphatic carbocycles. The van der Waals surface area contributed by atoms with E-state index < -0.39 is 0 Å². The van der Waals surface area contributed by atoms with Crippen LogP contribution >= 0.6 is 12.9 Å². The molecular formula is C7H11NOS. The predicted molar refractivity (Wildman–Crippen MR) is 47.1 cm³/mol. The number of rotatable bonds is 2. The molecule has 0 atom stereocenters. The summed E-state index contributed by atoms with van der Waals surface area (Å²) in [6.07, 6.45) is 3.18. The lowest BCUT2D eigenvalue weighted by molar-refractivity contribution is 0.664. The van der Waals surface area contributed by atoms with E-state index in [0.29, 0.717) is 5.90 Å². The zero-order valence-corrected chi connectivity index (χ0v) is 7.06. The Kier molecular flexibility index (Phi) is 4.76. The highest BCUT2D eigenvalue weighted by Crippen LogP contribution is 1.93. The van der Waals surface area contributed by atoms with Crippen LogP contribution in [0.15, 0.2) is 29.4 Å². The number of allylic oxidation sites excluding steroid dienone is 1. The highest BCUT2D eigenvalue weighted by Gasteiger charge is 1.85. The molecule has 10 heavy (non-hydrogen) atoms. The van der Waals surface area contributed by atoms with Gasteiger partial charge in [-0.15, -0.1) is 0 Å². The van der Waals surface area contributed by atoms with E-state index in [1.54, 1.807) is 6.20 Å². The molecule has 0 bridgehead atoms. The number of aliphatic imine (C=N–C) groups is 1. The Labute approximate surface area is 66.9 Å². The van der Waals surface area contributed by atoms with Gasteiger partial charge in [0.15, 0.2) is 0 Å². The standard InChI is InChI=1S/C7H11NOS/c1-4-7(9-10)8-5-6(2)3/h4-5,10H,1H2,2-3H3. The Bertz CT molecular complexity index is 168. The molecule has 56 valence electrons. The summed E-state index contributed by atoms with van der Waals surface area (Å²) in [6.45, 7) is 7.37. The lowest BCUT2D eigenvalue weighted by atomic mass is 10.4. The number of thiol groups is 1. The van der Waals surface area contributed by atoms with Crippen LogP contribution in [0, 0.1) is 0 Å². The van der Waals surface area contributed by atoms with E-state index in [4.69, 9.17) is 0 Å². The molecule has 0 amide bonds. The highest BCUT2D eigenvalue weighted by molar-refractivity contribution is 7.75. The topological polar surface area (TPSA) is 21.6 Å². The summed E-state index contributed by atoms with van der Waals surface area (Å²) in [5, 5.41) is 0. The molecule has 0 saturated heterocycles. The van der Waals surface area contributed by atoms with Gasteiger partial charge in [-0.1, -0.05) is 12.2 Å². The molecule has 0 rings (SSSR count). The molecule has 0 saturated carbocycles. The Morgan fingerprint density at radius 2 is 2.20 bits per heavy atom. The fraction of sp³-hybridized carbons (Fsp3) is 0.286. The molecule has 0 aliphatic heterocycles. The summed E-state index contributed by atoms with van der Waals surface area (Å²) in [6, 6.07) is 0. The van der Waals surface area contributed by atoms with Crippen molar-refractivity contribution in [2.75, 3.05) is 0 Å². The minimum Gasteiger partial charge on any atom is -0.409 e. The smallest absolute Gasteiger partial charge is 0.226 e. The zero-order valence-electron chi connectivity index (χ0n) is 6.16. The van der Waals surface area contributed by atoms with Crippen LogP contribution < -0.4 is 0 Å². The van der Waals surface area contributed by atoms with Crippen LogP contribution in [0.2, 0.25) is 0 Å². The molecule has 2 nitrogen and oxygen atoms in total. The van der Waals surface area contributed by atoms with Gasteiger partial charge < -0.3 is 4.18 Å². The molecule has 0 radical (unpaired) electrons. The molecule has 0 aromatic rings. The summed E-state index contributed by atoms with van der Waals surface area (Å²) in [5.74, 6) is 0.407. The van der Waals surface area contributed by atoms with Crippen LogP contribution in [0.5, 0.6) is 0 Å². The Hall–Kier alpha value is -0.700. The molecule has 0 fully saturated rings. The van der Waals surface area contributed by atoms with E-state index in [2.05, 4.69) is 28.7 Å². The Morgan fingerprint density at radius 3 is 2.50 bits per heavy atom. The summed E-state index contributed by atoms with van der Waals surface area (Å²) in [4.78, 5) is 3.90. The van der Waals surface area contributed by atoms with Crippen molar-refractivity contribution in [1.29, 1.82) is 0 Å². The van der Waals surface area contributed by atoms with Crippen LogP contribution in [0.4, 0.5) is 0 Å². The van der Waals surface area contributed by atoms with Gasteiger partial charge in [-0.3, -0.25) is 0 Å². The van der Waals surface area contributed by atoms with Crippen LogP contribution in [-0.4, -0.2) is 5.90 Å². The van der Waals surface area contributed by atoms with Gasteiger partial charge in [-0.2, -0.15) is 0 Å².